The van der Waals surface area contributed by atoms with Crippen molar-refractivity contribution in [2.24, 2.45) is 0 Å². The Morgan fingerprint density at radius 3 is 2.65 bits per heavy atom. The molecule has 0 bridgehead atoms. The molecule has 0 fully saturated rings. The van der Waals surface area contributed by atoms with E-state index in [-0.39, 0.29) is 0 Å². The number of allylic oxidation sites excluding steroid dienone is 2. The highest BCUT2D eigenvalue weighted by molar-refractivity contribution is 6.30. The average Bonchev–Trinajstić information content (AvgIpc) is 2.29. The van der Waals surface area contributed by atoms with Gasteiger partial charge in [0, 0.05) is 10.9 Å². The second-order valence-electron chi connectivity index (χ2n) is 4.67. The summed E-state index contributed by atoms with van der Waals surface area (Å²) in [6.07, 6.45) is 5.69. The molecular formula is C16H23Cl. The van der Waals surface area contributed by atoms with Crippen molar-refractivity contribution in [3.63, 3.8) is 0 Å². The maximum absolute atomic E-state index is 6.08. The molecule has 0 spiro atoms. The molecule has 17 heavy (non-hydrogen) atoms. The summed E-state index contributed by atoms with van der Waals surface area (Å²) in [6.45, 7) is 8.90. The second kappa shape index (κ2) is 6.86. The first kappa shape index (κ1) is 14.3. The van der Waals surface area contributed by atoms with Crippen LogP contribution in [-0.2, 0) is 6.42 Å². The van der Waals surface area contributed by atoms with Gasteiger partial charge in [0.2, 0.25) is 0 Å². The first-order chi connectivity index (χ1) is 8.10. The van der Waals surface area contributed by atoms with Crippen LogP contribution in [0, 0.1) is 0 Å². The van der Waals surface area contributed by atoms with Gasteiger partial charge in [-0.25, -0.2) is 0 Å². The summed E-state index contributed by atoms with van der Waals surface area (Å²) in [4.78, 5) is 0. The molecule has 1 rings (SSSR count). The Labute approximate surface area is 111 Å². The van der Waals surface area contributed by atoms with Crippen LogP contribution in [-0.4, -0.2) is 0 Å². The second-order valence-corrected chi connectivity index (χ2v) is 5.11. The lowest BCUT2D eigenvalue weighted by Gasteiger charge is -2.17. The molecule has 0 amide bonds. The first-order valence-corrected chi connectivity index (χ1v) is 6.92. The molecular weight excluding hydrogens is 228 g/mol. The standard InChI is InChI=1S/C16H23Cl/c1-5-7-12(3)13(4)16-10-9-15(17)11-14(16)8-6-2/h7,9-11,13H,5-6,8H2,1-4H3/b12-7+. The van der Waals surface area contributed by atoms with E-state index in [2.05, 4.69) is 45.9 Å². The lowest BCUT2D eigenvalue weighted by atomic mass is 9.88. The van der Waals surface area contributed by atoms with Crippen molar-refractivity contribution in [2.45, 2.75) is 52.9 Å². The zero-order valence-corrected chi connectivity index (χ0v) is 12.1. The van der Waals surface area contributed by atoms with Crippen LogP contribution in [0.1, 0.15) is 57.6 Å². The molecule has 1 heteroatoms. The summed E-state index contributed by atoms with van der Waals surface area (Å²) in [5.74, 6) is 0.494. The third-order valence-corrected chi connectivity index (χ3v) is 3.54. The summed E-state index contributed by atoms with van der Waals surface area (Å²) < 4.78 is 0. The van der Waals surface area contributed by atoms with E-state index < -0.39 is 0 Å². The van der Waals surface area contributed by atoms with Crippen molar-refractivity contribution in [1.82, 2.24) is 0 Å². The normalized spacial score (nSPS) is 13.8. The van der Waals surface area contributed by atoms with E-state index >= 15 is 0 Å². The lowest BCUT2D eigenvalue weighted by Crippen LogP contribution is -2.01. The van der Waals surface area contributed by atoms with Crippen LogP contribution in [0.4, 0.5) is 0 Å². The molecule has 0 saturated heterocycles. The molecule has 0 N–H and O–H groups in total. The number of benzene rings is 1. The van der Waals surface area contributed by atoms with Crippen molar-refractivity contribution < 1.29 is 0 Å². The predicted molar refractivity (Wildman–Crippen MR) is 77.9 cm³/mol. The summed E-state index contributed by atoms with van der Waals surface area (Å²) in [5.41, 5.74) is 4.28. The van der Waals surface area contributed by atoms with Crippen LogP contribution in [0.5, 0.6) is 0 Å². The smallest absolute Gasteiger partial charge is 0.0408 e. The fourth-order valence-electron chi connectivity index (χ4n) is 2.23. The molecule has 0 aliphatic rings. The molecule has 1 aromatic carbocycles. The molecule has 0 radical (unpaired) electrons. The fourth-order valence-corrected chi connectivity index (χ4v) is 2.42. The summed E-state index contributed by atoms with van der Waals surface area (Å²) in [6, 6.07) is 6.31. The fraction of sp³-hybridized carbons (Fsp3) is 0.500. The number of rotatable bonds is 5. The van der Waals surface area contributed by atoms with E-state index in [4.69, 9.17) is 11.6 Å². The number of hydrogen-bond donors (Lipinski definition) is 0. The summed E-state index contributed by atoms with van der Waals surface area (Å²) in [5, 5.41) is 0.849. The van der Waals surface area contributed by atoms with Gasteiger partial charge in [0.1, 0.15) is 0 Å². The Bertz CT molecular complexity index is 391. The topological polar surface area (TPSA) is 0 Å². The maximum atomic E-state index is 6.08. The SMILES string of the molecule is CC/C=C(\C)C(C)c1ccc(Cl)cc1CCC. The molecule has 1 aromatic rings. The van der Waals surface area contributed by atoms with Crippen LogP contribution in [0.25, 0.3) is 0 Å². The minimum Gasteiger partial charge on any atom is -0.0853 e. The number of aryl methyl sites for hydroxylation is 1. The maximum Gasteiger partial charge on any atom is 0.0408 e. The van der Waals surface area contributed by atoms with Gasteiger partial charge in [0.05, 0.1) is 0 Å². The molecule has 0 aliphatic carbocycles. The highest BCUT2D eigenvalue weighted by atomic mass is 35.5. The Kier molecular flexibility index (Phi) is 5.77. The highest BCUT2D eigenvalue weighted by Crippen LogP contribution is 2.29. The molecule has 0 aliphatic heterocycles. The van der Waals surface area contributed by atoms with Crippen molar-refractivity contribution in [3.8, 4) is 0 Å². The molecule has 0 heterocycles. The van der Waals surface area contributed by atoms with Gasteiger partial charge < -0.3 is 0 Å². The van der Waals surface area contributed by atoms with E-state index in [1.54, 1.807) is 0 Å². The quantitative estimate of drug-likeness (QED) is 0.584. The Morgan fingerprint density at radius 1 is 1.35 bits per heavy atom. The molecule has 94 valence electrons. The van der Waals surface area contributed by atoms with Gasteiger partial charge in [-0.2, -0.15) is 0 Å². The molecule has 0 aromatic heterocycles. The largest absolute Gasteiger partial charge is 0.0853 e. The number of hydrogen-bond acceptors (Lipinski definition) is 0. The van der Waals surface area contributed by atoms with Gasteiger partial charge in [0.25, 0.3) is 0 Å². The summed E-state index contributed by atoms with van der Waals surface area (Å²) in [7, 11) is 0. The van der Waals surface area contributed by atoms with Gasteiger partial charge in [0.15, 0.2) is 0 Å². The van der Waals surface area contributed by atoms with E-state index in [1.165, 1.54) is 16.7 Å². The monoisotopic (exact) mass is 250 g/mol. The zero-order valence-electron chi connectivity index (χ0n) is 11.4. The van der Waals surface area contributed by atoms with Crippen molar-refractivity contribution in [3.05, 3.63) is 46.0 Å². The van der Waals surface area contributed by atoms with Crippen LogP contribution in [0.2, 0.25) is 5.02 Å². The van der Waals surface area contributed by atoms with Crippen LogP contribution in [0.3, 0.4) is 0 Å². The molecule has 1 unspecified atom stereocenters. The molecule has 1 atom stereocenters. The predicted octanol–water partition coefficient (Wildman–Crippen LogP) is 5.75. The van der Waals surface area contributed by atoms with Gasteiger partial charge >= 0.3 is 0 Å². The Hall–Kier alpha value is -0.750. The van der Waals surface area contributed by atoms with Gasteiger partial charge in [-0.05, 0) is 43.0 Å². The minimum absolute atomic E-state index is 0.494. The lowest BCUT2D eigenvalue weighted by molar-refractivity contribution is 0.833. The average molecular weight is 251 g/mol. The van der Waals surface area contributed by atoms with Gasteiger partial charge in [-0.15, -0.1) is 0 Å². The molecule has 0 nitrogen and oxygen atoms in total. The molecule has 0 saturated carbocycles. The van der Waals surface area contributed by atoms with Gasteiger partial charge in [-0.3, -0.25) is 0 Å². The van der Waals surface area contributed by atoms with Crippen LogP contribution < -0.4 is 0 Å². The van der Waals surface area contributed by atoms with E-state index in [0.29, 0.717) is 5.92 Å². The van der Waals surface area contributed by atoms with E-state index in [9.17, 15) is 0 Å². The summed E-state index contributed by atoms with van der Waals surface area (Å²) >= 11 is 6.08. The van der Waals surface area contributed by atoms with Crippen LogP contribution in [0.15, 0.2) is 29.8 Å². The third kappa shape index (κ3) is 3.89. The first-order valence-electron chi connectivity index (χ1n) is 6.55. The van der Waals surface area contributed by atoms with Crippen LogP contribution >= 0.6 is 11.6 Å². The zero-order chi connectivity index (χ0) is 12.8. The van der Waals surface area contributed by atoms with Crippen molar-refractivity contribution in [1.29, 1.82) is 0 Å². The minimum atomic E-state index is 0.494. The van der Waals surface area contributed by atoms with Gasteiger partial charge in [-0.1, -0.05) is 56.5 Å². The Balaban J connectivity index is 3.07. The van der Waals surface area contributed by atoms with E-state index in [0.717, 1.165) is 24.3 Å². The highest BCUT2D eigenvalue weighted by Gasteiger charge is 2.12. The third-order valence-electron chi connectivity index (χ3n) is 3.30. The van der Waals surface area contributed by atoms with Crippen molar-refractivity contribution >= 4 is 11.6 Å². The Morgan fingerprint density at radius 2 is 2.06 bits per heavy atom. The van der Waals surface area contributed by atoms with E-state index in [1.807, 2.05) is 6.07 Å². The van der Waals surface area contributed by atoms with Crippen molar-refractivity contribution in [2.75, 3.05) is 0 Å². The number of halogens is 1.